The number of benzene rings is 1. The van der Waals surface area contributed by atoms with Crippen LogP contribution in [-0.4, -0.2) is 20.5 Å². The lowest BCUT2D eigenvalue weighted by atomic mass is 10.2. The molecule has 0 aliphatic rings. The summed E-state index contributed by atoms with van der Waals surface area (Å²) in [6.45, 7) is 7.79. The van der Waals surface area contributed by atoms with E-state index >= 15 is 0 Å². The Morgan fingerprint density at radius 3 is 2.09 bits per heavy atom. The Morgan fingerprint density at radius 1 is 1.00 bits per heavy atom. The molecule has 7 heteroatoms. The number of ether oxygens (including phenoxy) is 1. The molecule has 0 aromatic heterocycles. The molecule has 0 atom stereocenters. The highest BCUT2D eigenvalue weighted by Crippen LogP contribution is 2.22. The van der Waals surface area contributed by atoms with Crippen molar-refractivity contribution >= 4 is 20.5 Å². The number of para-hydroxylation sites is 1. The number of carbonyl (C=O) groups is 2. The third-order valence-corrected chi connectivity index (χ3v) is 8.21. The van der Waals surface area contributed by atoms with E-state index in [0.29, 0.717) is 5.75 Å². The summed E-state index contributed by atoms with van der Waals surface area (Å²) in [6.07, 6.45) is -1.76. The number of amides is 2. The van der Waals surface area contributed by atoms with Gasteiger partial charge in [0, 0.05) is 0 Å². The highest BCUT2D eigenvalue weighted by Gasteiger charge is 2.33. The van der Waals surface area contributed by atoms with E-state index < -0.39 is 20.5 Å². The maximum Gasteiger partial charge on any atom is 0.458 e. The van der Waals surface area contributed by atoms with E-state index in [-0.39, 0.29) is 0 Å². The Morgan fingerprint density at radius 2 is 1.55 bits per heavy atom. The minimum Gasteiger partial charge on any atom is -0.501 e. The minimum atomic E-state index is -2.09. The van der Waals surface area contributed by atoms with Crippen molar-refractivity contribution in [3.8, 4) is 5.75 Å². The second kappa shape index (κ2) is 8.43. The second-order valence-electron chi connectivity index (χ2n) is 4.95. The van der Waals surface area contributed by atoms with E-state index in [1.807, 2.05) is 26.8 Å². The van der Waals surface area contributed by atoms with E-state index in [1.54, 1.807) is 25.1 Å². The molecule has 0 fully saturated rings. The Balaban J connectivity index is 2.62. The molecule has 120 valence electrons. The van der Waals surface area contributed by atoms with Gasteiger partial charge < -0.3 is 9.16 Å². The molecule has 0 bridgehead atoms. The molecule has 0 spiro atoms. The molecule has 6 nitrogen and oxygen atoms in total. The Labute approximate surface area is 131 Å². The Bertz CT molecular complexity index is 548. The zero-order valence-corrected chi connectivity index (χ0v) is 14.5. The lowest BCUT2D eigenvalue weighted by molar-refractivity contribution is 0.198. The minimum absolute atomic E-state index is 0.388. The van der Waals surface area contributed by atoms with Crippen LogP contribution in [0.1, 0.15) is 26.3 Å². The fourth-order valence-electron chi connectivity index (χ4n) is 2.04. The topological polar surface area (TPSA) is 77.3 Å². The van der Waals surface area contributed by atoms with Crippen molar-refractivity contribution in [2.45, 2.75) is 45.8 Å². The molecule has 2 amide bonds. The van der Waals surface area contributed by atoms with Crippen molar-refractivity contribution in [3.05, 3.63) is 29.8 Å². The maximum atomic E-state index is 11.7. The first kappa shape index (κ1) is 18.0. The number of aryl methyl sites for hydroxylation is 1. The van der Waals surface area contributed by atoms with Gasteiger partial charge in [-0.15, -0.1) is 0 Å². The predicted octanol–water partition coefficient (Wildman–Crippen LogP) is 5.09. The molecule has 0 N–H and O–H groups in total. The second-order valence-corrected chi connectivity index (χ2v) is 9.64. The molecule has 0 unspecified atom stereocenters. The van der Waals surface area contributed by atoms with E-state index in [1.165, 1.54) is 0 Å². The standard InChI is InChI=1S/C15H22N2O4Si/c1-5-22(6-2,7-3)21-15(19)17-16-14(18)20-13-11-9-8-10-12(13)4/h8-11H,5-7H2,1-4H3/b17-16+. The zero-order valence-electron chi connectivity index (χ0n) is 13.5. The molecule has 1 aromatic carbocycles. The van der Waals surface area contributed by atoms with Crippen LogP contribution in [0, 0.1) is 6.92 Å². The van der Waals surface area contributed by atoms with E-state index in [4.69, 9.17) is 9.16 Å². The first-order valence-electron chi connectivity index (χ1n) is 7.38. The summed E-state index contributed by atoms with van der Waals surface area (Å²) in [5, 5.41) is 6.56. The Kier molecular flexibility index (Phi) is 6.91. The summed E-state index contributed by atoms with van der Waals surface area (Å²) in [7, 11) is -2.09. The van der Waals surface area contributed by atoms with Crippen molar-refractivity contribution in [2.75, 3.05) is 0 Å². The van der Waals surface area contributed by atoms with Gasteiger partial charge in [-0.25, -0.2) is 9.59 Å². The van der Waals surface area contributed by atoms with E-state index in [2.05, 4.69) is 10.2 Å². The fraction of sp³-hybridized carbons (Fsp3) is 0.467. The normalized spacial score (nSPS) is 11.5. The largest absolute Gasteiger partial charge is 0.501 e. The summed E-state index contributed by atoms with van der Waals surface area (Å²) in [5.41, 5.74) is 0.794. The number of hydrogen-bond acceptors (Lipinski definition) is 4. The van der Waals surface area contributed by atoms with Gasteiger partial charge in [0.25, 0.3) is 8.32 Å². The monoisotopic (exact) mass is 322 g/mol. The predicted molar refractivity (Wildman–Crippen MR) is 85.7 cm³/mol. The van der Waals surface area contributed by atoms with Crippen LogP contribution in [0.15, 0.2) is 34.5 Å². The molecule has 22 heavy (non-hydrogen) atoms. The SMILES string of the molecule is CC[Si](CC)(CC)OC(=O)/N=N/C(=O)Oc1ccccc1C. The van der Waals surface area contributed by atoms with Gasteiger partial charge in [-0.1, -0.05) is 49.2 Å². The number of hydrogen-bond donors (Lipinski definition) is 0. The average molecular weight is 322 g/mol. The summed E-state index contributed by atoms with van der Waals surface area (Å²) in [6, 6.07) is 9.46. The molecule has 1 aromatic rings. The van der Waals surface area contributed by atoms with Gasteiger partial charge >= 0.3 is 12.2 Å². The van der Waals surface area contributed by atoms with Crippen molar-refractivity contribution in [2.24, 2.45) is 10.2 Å². The van der Waals surface area contributed by atoms with Gasteiger partial charge in [0.05, 0.1) is 0 Å². The summed E-state index contributed by atoms with van der Waals surface area (Å²) in [4.78, 5) is 23.3. The third kappa shape index (κ3) is 5.07. The first-order chi connectivity index (χ1) is 10.5. The van der Waals surface area contributed by atoms with Crippen LogP contribution in [0.3, 0.4) is 0 Å². The average Bonchev–Trinajstić information content (AvgIpc) is 2.53. The van der Waals surface area contributed by atoms with Gasteiger partial charge in [-0.2, -0.15) is 0 Å². The van der Waals surface area contributed by atoms with Crippen LogP contribution in [0.4, 0.5) is 9.59 Å². The van der Waals surface area contributed by atoms with Crippen molar-refractivity contribution in [1.29, 1.82) is 0 Å². The number of carbonyl (C=O) groups excluding carboxylic acids is 2. The number of rotatable bonds is 5. The zero-order chi connectivity index (χ0) is 16.6. The van der Waals surface area contributed by atoms with Crippen LogP contribution in [0.25, 0.3) is 0 Å². The van der Waals surface area contributed by atoms with Crippen LogP contribution in [-0.2, 0) is 4.43 Å². The van der Waals surface area contributed by atoms with Gasteiger partial charge in [0.1, 0.15) is 5.75 Å². The highest BCUT2D eigenvalue weighted by molar-refractivity contribution is 6.74. The molecule has 0 aliphatic carbocycles. The van der Waals surface area contributed by atoms with Crippen molar-refractivity contribution in [3.63, 3.8) is 0 Å². The molecule has 0 saturated heterocycles. The maximum absolute atomic E-state index is 11.7. The first-order valence-corrected chi connectivity index (χ1v) is 9.91. The molecule has 0 aliphatic heterocycles. The summed E-state index contributed by atoms with van der Waals surface area (Å²) < 4.78 is 10.5. The number of nitrogens with zero attached hydrogens (tertiary/aromatic N) is 2. The molecule has 0 radical (unpaired) electrons. The molecule has 1 rings (SSSR count). The fourth-order valence-corrected chi connectivity index (χ4v) is 4.38. The molecule has 0 heterocycles. The third-order valence-electron chi connectivity index (χ3n) is 3.74. The molecule has 0 saturated carbocycles. The molecular formula is C15H22N2O4Si. The lowest BCUT2D eigenvalue weighted by Gasteiger charge is -2.25. The van der Waals surface area contributed by atoms with Crippen LogP contribution in [0.5, 0.6) is 5.75 Å². The highest BCUT2D eigenvalue weighted by atomic mass is 28.4. The van der Waals surface area contributed by atoms with E-state index in [0.717, 1.165) is 23.7 Å². The van der Waals surface area contributed by atoms with E-state index in [9.17, 15) is 9.59 Å². The van der Waals surface area contributed by atoms with Crippen LogP contribution < -0.4 is 4.74 Å². The summed E-state index contributed by atoms with van der Waals surface area (Å²) in [5.74, 6) is 0.388. The Hall–Kier alpha value is -2.02. The van der Waals surface area contributed by atoms with Gasteiger partial charge in [0.15, 0.2) is 0 Å². The van der Waals surface area contributed by atoms with Crippen LogP contribution in [0.2, 0.25) is 18.1 Å². The molecular weight excluding hydrogens is 300 g/mol. The van der Waals surface area contributed by atoms with Gasteiger partial charge in [-0.3, -0.25) is 0 Å². The number of azo groups is 1. The van der Waals surface area contributed by atoms with Gasteiger partial charge in [0.2, 0.25) is 0 Å². The van der Waals surface area contributed by atoms with Crippen molar-refractivity contribution < 1.29 is 18.8 Å². The quantitative estimate of drug-likeness (QED) is 0.559. The van der Waals surface area contributed by atoms with Crippen LogP contribution >= 0.6 is 0 Å². The summed E-state index contributed by atoms with van der Waals surface area (Å²) >= 11 is 0. The lowest BCUT2D eigenvalue weighted by Crippen LogP contribution is -2.37. The van der Waals surface area contributed by atoms with Gasteiger partial charge in [-0.05, 0) is 36.7 Å². The smallest absolute Gasteiger partial charge is 0.458 e. The van der Waals surface area contributed by atoms with Crippen molar-refractivity contribution in [1.82, 2.24) is 0 Å².